The van der Waals surface area contributed by atoms with Crippen molar-refractivity contribution in [3.63, 3.8) is 0 Å². The first-order chi connectivity index (χ1) is 20.2. The molecule has 1 heterocycles. The minimum absolute atomic E-state index is 0.0469. The largest absolute Gasteiger partial charge is 0.507 e. The normalized spacial score (nSPS) is 30.0. The molecular formula is C30H35NO12. The highest BCUT2D eigenvalue weighted by Crippen LogP contribution is 2.57. The maximum absolute atomic E-state index is 13.7. The molecular weight excluding hydrogens is 566 g/mol. The molecule has 13 nitrogen and oxygen atoms in total. The highest BCUT2D eigenvalue weighted by atomic mass is 16.7. The maximum atomic E-state index is 13.7. The molecule has 5 rings (SSSR count). The minimum Gasteiger partial charge on any atom is -0.507 e. The van der Waals surface area contributed by atoms with Crippen LogP contribution >= 0.6 is 0 Å². The number of carbonyl (C=O) groups is 3. The number of likely N-dealkylation sites (N-methyl/N-ethyl adjacent to an activating group) is 1. The summed E-state index contributed by atoms with van der Waals surface area (Å²) in [6.07, 6.45) is -3.97. The van der Waals surface area contributed by atoms with Gasteiger partial charge in [0.15, 0.2) is 6.29 Å². The fourth-order valence-corrected chi connectivity index (χ4v) is 6.65. The second kappa shape index (κ2) is 10.8. The van der Waals surface area contributed by atoms with Gasteiger partial charge in [0.2, 0.25) is 11.6 Å². The molecule has 0 spiro atoms. The molecule has 3 aliphatic rings. The average Bonchev–Trinajstić information content (AvgIpc) is 2.95. The van der Waals surface area contributed by atoms with Gasteiger partial charge in [-0.05, 0) is 39.6 Å². The van der Waals surface area contributed by atoms with Crippen LogP contribution in [-0.4, -0.2) is 104 Å². The Morgan fingerprint density at radius 1 is 1.00 bits per heavy atom. The predicted octanol–water partition coefficient (Wildman–Crippen LogP) is 1.57. The summed E-state index contributed by atoms with van der Waals surface area (Å²) >= 11 is 0. The van der Waals surface area contributed by atoms with E-state index in [2.05, 4.69) is 0 Å². The quantitative estimate of drug-likeness (QED) is 0.182. The van der Waals surface area contributed by atoms with Crippen molar-refractivity contribution in [3.05, 3.63) is 45.5 Å². The fourth-order valence-electron chi connectivity index (χ4n) is 6.65. The molecule has 2 aromatic carbocycles. The van der Waals surface area contributed by atoms with Gasteiger partial charge in [0.25, 0.3) is 0 Å². The number of aromatic hydroxyl groups is 4. The number of phenolic OH excluding ortho intramolecular Hbond substituents is 4. The van der Waals surface area contributed by atoms with Crippen molar-refractivity contribution in [2.24, 2.45) is 0 Å². The second-order valence-corrected chi connectivity index (χ2v) is 11.6. The second-order valence-electron chi connectivity index (χ2n) is 11.6. The Morgan fingerprint density at radius 2 is 1.53 bits per heavy atom. The van der Waals surface area contributed by atoms with E-state index in [1.807, 2.05) is 0 Å². The number of benzene rings is 2. The smallest absolute Gasteiger partial charge is 0.316 e. The van der Waals surface area contributed by atoms with Crippen molar-refractivity contribution >= 4 is 17.5 Å². The van der Waals surface area contributed by atoms with Gasteiger partial charge < -0.3 is 49.7 Å². The number of phenols is 4. The van der Waals surface area contributed by atoms with Gasteiger partial charge in [-0.2, -0.15) is 0 Å². The molecule has 6 N–H and O–H groups in total. The number of rotatable bonds is 5. The third-order valence-corrected chi connectivity index (χ3v) is 8.98. The maximum Gasteiger partial charge on any atom is 0.316 e. The first-order valence-electron chi connectivity index (χ1n) is 13.9. The summed E-state index contributed by atoms with van der Waals surface area (Å²) in [4.78, 5) is 42.3. The van der Waals surface area contributed by atoms with Crippen molar-refractivity contribution < 1.29 is 59.2 Å². The summed E-state index contributed by atoms with van der Waals surface area (Å²) < 4.78 is 17.1. The molecule has 0 amide bonds. The van der Waals surface area contributed by atoms with Gasteiger partial charge in [0.05, 0.1) is 53.3 Å². The third-order valence-electron chi connectivity index (χ3n) is 8.98. The number of ether oxygens (including phenoxy) is 3. The number of aliphatic hydroxyl groups is 2. The first-order valence-corrected chi connectivity index (χ1v) is 13.9. The third kappa shape index (κ3) is 4.54. The van der Waals surface area contributed by atoms with Crippen LogP contribution in [-0.2, 0) is 19.0 Å². The zero-order valence-corrected chi connectivity index (χ0v) is 24.3. The van der Waals surface area contributed by atoms with Crippen LogP contribution in [0.4, 0.5) is 0 Å². The highest BCUT2D eigenvalue weighted by Gasteiger charge is 2.55. The van der Waals surface area contributed by atoms with E-state index in [1.165, 1.54) is 0 Å². The van der Waals surface area contributed by atoms with Crippen molar-refractivity contribution in [3.8, 4) is 23.0 Å². The van der Waals surface area contributed by atoms with Crippen LogP contribution < -0.4 is 0 Å². The van der Waals surface area contributed by atoms with Gasteiger partial charge in [0, 0.05) is 30.0 Å². The van der Waals surface area contributed by atoms with Crippen molar-refractivity contribution in [1.29, 1.82) is 0 Å². The zero-order valence-electron chi connectivity index (χ0n) is 24.3. The molecule has 1 aliphatic heterocycles. The van der Waals surface area contributed by atoms with Gasteiger partial charge in [0.1, 0.15) is 28.9 Å². The summed E-state index contributed by atoms with van der Waals surface area (Å²) in [5.41, 5.74) is -5.05. The highest BCUT2D eigenvalue weighted by molar-refractivity contribution is 6.32. The van der Waals surface area contributed by atoms with E-state index in [4.69, 9.17) is 14.2 Å². The lowest BCUT2D eigenvalue weighted by Crippen LogP contribution is -2.54. The molecule has 0 saturated carbocycles. The monoisotopic (exact) mass is 601 g/mol. The average molecular weight is 602 g/mol. The number of methoxy groups -OCH3 is 1. The van der Waals surface area contributed by atoms with Crippen molar-refractivity contribution in [2.45, 2.75) is 75.3 Å². The molecule has 4 unspecified atom stereocenters. The molecule has 0 radical (unpaired) electrons. The van der Waals surface area contributed by atoms with Crippen molar-refractivity contribution in [2.75, 3.05) is 21.2 Å². The molecule has 0 aromatic heterocycles. The Hall–Kier alpha value is -3.75. The van der Waals surface area contributed by atoms with Gasteiger partial charge >= 0.3 is 5.97 Å². The van der Waals surface area contributed by atoms with Crippen LogP contribution in [0.5, 0.6) is 23.0 Å². The Morgan fingerprint density at radius 3 is 2.02 bits per heavy atom. The van der Waals surface area contributed by atoms with E-state index >= 15 is 0 Å². The molecule has 1 saturated heterocycles. The molecule has 2 aliphatic carbocycles. The number of hydrogen-bond acceptors (Lipinski definition) is 13. The van der Waals surface area contributed by atoms with Gasteiger partial charge in [-0.15, -0.1) is 0 Å². The number of esters is 1. The van der Waals surface area contributed by atoms with E-state index in [1.54, 1.807) is 32.8 Å². The Kier molecular flexibility index (Phi) is 7.68. The molecule has 13 heteroatoms. The number of carbonyl (C=O) groups excluding carboxylic acids is 3. The fraction of sp³-hybridized carbons (Fsp3) is 0.500. The topological polar surface area (TPSA) is 204 Å². The van der Waals surface area contributed by atoms with E-state index in [-0.39, 0.29) is 36.4 Å². The zero-order chi connectivity index (χ0) is 31.7. The number of aliphatic hydroxyl groups excluding tert-OH is 1. The number of nitrogens with zero attached hydrogens (tertiary/aromatic N) is 1. The molecule has 2 aromatic rings. The van der Waals surface area contributed by atoms with E-state index in [0.717, 1.165) is 19.2 Å². The summed E-state index contributed by atoms with van der Waals surface area (Å²) in [6, 6.07) is 1.62. The van der Waals surface area contributed by atoms with Crippen LogP contribution in [0.1, 0.15) is 88.1 Å². The lowest BCUT2D eigenvalue weighted by atomic mass is 9.66. The SMILES string of the molecule is CC[C@@]1(O)C[C@H](OC2CC(N(C)C)C(O)C(C)O2)c2c(O)c3c(c(O)c2[C@H]1C(=O)OC)C(=O)c1c(O)ccc(O)c1C3=O. The van der Waals surface area contributed by atoms with E-state index < -0.39 is 98.9 Å². The first kappa shape index (κ1) is 30.7. The lowest BCUT2D eigenvalue weighted by Gasteiger charge is -2.46. The van der Waals surface area contributed by atoms with Crippen LogP contribution in [0, 0.1) is 0 Å². The molecule has 43 heavy (non-hydrogen) atoms. The van der Waals surface area contributed by atoms with Crippen molar-refractivity contribution in [1.82, 2.24) is 4.90 Å². The number of ketones is 2. The lowest BCUT2D eigenvalue weighted by molar-refractivity contribution is -0.258. The summed E-state index contributed by atoms with van der Waals surface area (Å²) in [7, 11) is 4.63. The van der Waals surface area contributed by atoms with Crippen LogP contribution in [0.2, 0.25) is 0 Å². The predicted molar refractivity (Wildman–Crippen MR) is 147 cm³/mol. The molecule has 7 atom stereocenters. The number of fused-ring (bicyclic) bond motifs is 3. The molecule has 1 fully saturated rings. The van der Waals surface area contributed by atoms with E-state index in [0.29, 0.717) is 0 Å². The van der Waals surface area contributed by atoms with Gasteiger partial charge in [-0.1, -0.05) is 6.92 Å². The van der Waals surface area contributed by atoms with Gasteiger partial charge in [-0.25, -0.2) is 0 Å². The van der Waals surface area contributed by atoms with E-state index in [9.17, 15) is 45.0 Å². The summed E-state index contributed by atoms with van der Waals surface area (Å²) in [5.74, 6) is -7.71. The van der Waals surface area contributed by atoms with Crippen LogP contribution in [0.25, 0.3) is 0 Å². The van der Waals surface area contributed by atoms with Gasteiger partial charge in [-0.3, -0.25) is 14.4 Å². The summed E-state index contributed by atoms with van der Waals surface area (Å²) in [6.45, 7) is 3.25. The Balaban J connectivity index is 1.75. The molecule has 0 bridgehead atoms. The Bertz CT molecular complexity index is 1520. The minimum atomic E-state index is -1.91. The Labute approximate surface area is 246 Å². The van der Waals surface area contributed by atoms with Crippen LogP contribution in [0.3, 0.4) is 0 Å². The summed E-state index contributed by atoms with van der Waals surface area (Å²) in [5, 5.41) is 66.7. The van der Waals surface area contributed by atoms with Crippen LogP contribution in [0.15, 0.2) is 12.1 Å². The number of hydrogen-bond donors (Lipinski definition) is 6. The standard InChI is InChI=1S/C30H35NO12/c1-6-30(40)10-15(43-16-9-12(31(3)4)24(34)11(2)42-16)19-20(23(30)29(39)41-5)28(38)22-21(27(19)37)25(35)17-13(32)7-8-14(33)18(17)26(22)36/h7-8,11-12,15-16,23-24,32-34,37-38,40H,6,9-10H2,1-5H3/t11?,12?,15-,16?,23-,24?,30+/m0/s1. The molecule has 232 valence electrons.